The third kappa shape index (κ3) is 7.00. The van der Waals surface area contributed by atoms with Crippen LogP contribution in [0.3, 0.4) is 0 Å². The summed E-state index contributed by atoms with van der Waals surface area (Å²) >= 11 is 0. The standard InChI is InChI=1S/C13H25N3O3S.2ClH/c14-12-3-1-2-11(12)10-13(17)15-4-5-16-6-8-20(18,19)9-7-16;;/h11-12H,1-10,14H2,(H,15,17);2*1H/t11-,12+;;/m0../s1. The van der Waals surface area contributed by atoms with Gasteiger partial charge in [0.25, 0.3) is 0 Å². The molecule has 1 saturated heterocycles. The van der Waals surface area contributed by atoms with Crippen molar-refractivity contribution in [2.45, 2.75) is 31.7 Å². The number of carbonyl (C=O) groups is 1. The van der Waals surface area contributed by atoms with Crippen molar-refractivity contribution < 1.29 is 13.2 Å². The van der Waals surface area contributed by atoms with E-state index >= 15 is 0 Å². The quantitative estimate of drug-likeness (QED) is 0.715. The molecule has 0 aromatic rings. The molecule has 2 rings (SSSR count). The van der Waals surface area contributed by atoms with Crippen molar-refractivity contribution in [2.75, 3.05) is 37.7 Å². The van der Waals surface area contributed by atoms with Crippen molar-refractivity contribution >= 4 is 40.6 Å². The fraction of sp³-hybridized carbons (Fsp3) is 0.923. The first kappa shape index (κ1) is 21.9. The van der Waals surface area contributed by atoms with Crippen LogP contribution in [0.5, 0.6) is 0 Å². The van der Waals surface area contributed by atoms with Crippen LogP contribution in [0.2, 0.25) is 0 Å². The summed E-state index contributed by atoms with van der Waals surface area (Å²) in [5.74, 6) is 0.863. The average molecular weight is 376 g/mol. The summed E-state index contributed by atoms with van der Waals surface area (Å²) in [5.41, 5.74) is 5.95. The average Bonchev–Trinajstić information content (AvgIpc) is 2.77. The van der Waals surface area contributed by atoms with E-state index in [-0.39, 0.29) is 48.3 Å². The van der Waals surface area contributed by atoms with E-state index in [0.717, 1.165) is 25.8 Å². The summed E-state index contributed by atoms with van der Waals surface area (Å²) in [4.78, 5) is 13.9. The summed E-state index contributed by atoms with van der Waals surface area (Å²) in [6, 6.07) is 0.174. The van der Waals surface area contributed by atoms with Crippen LogP contribution in [0.1, 0.15) is 25.7 Å². The second kappa shape index (κ2) is 9.93. The molecule has 0 aromatic heterocycles. The molecular weight excluding hydrogens is 349 g/mol. The van der Waals surface area contributed by atoms with Gasteiger partial charge in [0.05, 0.1) is 11.5 Å². The van der Waals surface area contributed by atoms with Gasteiger partial charge < -0.3 is 11.1 Å². The first-order valence-electron chi connectivity index (χ1n) is 7.41. The molecule has 0 bridgehead atoms. The molecular formula is C13H27Cl2N3O3S. The zero-order chi connectivity index (χ0) is 14.6. The topological polar surface area (TPSA) is 92.5 Å². The Morgan fingerprint density at radius 3 is 2.36 bits per heavy atom. The molecule has 1 aliphatic heterocycles. The molecule has 9 heteroatoms. The first-order chi connectivity index (χ1) is 9.46. The Labute approximate surface area is 145 Å². The van der Waals surface area contributed by atoms with Crippen LogP contribution in [0.25, 0.3) is 0 Å². The molecule has 6 nitrogen and oxygen atoms in total. The third-order valence-corrected chi connectivity index (χ3v) is 5.96. The minimum absolute atomic E-state index is 0. The predicted octanol–water partition coefficient (Wildman–Crippen LogP) is 0.194. The van der Waals surface area contributed by atoms with Gasteiger partial charge in [0.2, 0.25) is 5.91 Å². The van der Waals surface area contributed by atoms with Crippen molar-refractivity contribution in [3.05, 3.63) is 0 Å². The van der Waals surface area contributed by atoms with Crippen molar-refractivity contribution in [1.82, 2.24) is 10.2 Å². The van der Waals surface area contributed by atoms with E-state index in [0.29, 0.717) is 32.0 Å². The zero-order valence-corrected chi connectivity index (χ0v) is 15.1. The van der Waals surface area contributed by atoms with Crippen LogP contribution in [-0.2, 0) is 14.6 Å². The van der Waals surface area contributed by atoms with Gasteiger partial charge in [-0.15, -0.1) is 24.8 Å². The number of nitrogens with two attached hydrogens (primary N) is 1. The lowest BCUT2D eigenvalue weighted by Crippen LogP contribution is -2.44. The first-order valence-corrected chi connectivity index (χ1v) is 9.23. The number of nitrogens with zero attached hydrogens (tertiary/aromatic N) is 1. The zero-order valence-electron chi connectivity index (χ0n) is 12.7. The van der Waals surface area contributed by atoms with Crippen molar-refractivity contribution in [2.24, 2.45) is 11.7 Å². The predicted molar refractivity (Wildman–Crippen MR) is 92.5 cm³/mol. The number of hydrogen-bond acceptors (Lipinski definition) is 5. The Bertz CT molecular complexity index is 434. The maximum absolute atomic E-state index is 11.8. The third-order valence-electron chi connectivity index (χ3n) is 4.35. The number of rotatable bonds is 5. The highest BCUT2D eigenvalue weighted by atomic mass is 35.5. The molecule has 2 fully saturated rings. The summed E-state index contributed by atoms with van der Waals surface area (Å²) in [7, 11) is -2.82. The van der Waals surface area contributed by atoms with E-state index in [4.69, 9.17) is 5.73 Å². The smallest absolute Gasteiger partial charge is 0.220 e. The molecule has 0 spiro atoms. The lowest BCUT2D eigenvalue weighted by molar-refractivity contribution is -0.122. The summed E-state index contributed by atoms with van der Waals surface area (Å²) in [5, 5.41) is 2.91. The SMILES string of the molecule is Cl.Cl.N[C@@H]1CCC[C@H]1CC(=O)NCCN1CCS(=O)(=O)CC1. The number of halogens is 2. The Balaban J connectivity index is 0.00000220. The lowest BCUT2D eigenvalue weighted by Gasteiger charge is -2.26. The van der Waals surface area contributed by atoms with Gasteiger partial charge in [0.1, 0.15) is 0 Å². The molecule has 0 unspecified atom stereocenters. The Hall–Kier alpha value is -0.0800. The normalized spacial score (nSPS) is 27.5. The molecule has 1 heterocycles. The van der Waals surface area contributed by atoms with Gasteiger partial charge in [0, 0.05) is 38.6 Å². The van der Waals surface area contributed by atoms with E-state index in [9.17, 15) is 13.2 Å². The van der Waals surface area contributed by atoms with Gasteiger partial charge >= 0.3 is 0 Å². The maximum atomic E-state index is 11.8. The van der Waals surface area contributed by atoms with E-state index in [1.807, 2.05) is 0 Å². The number of carbonyl (C=O) groups excluding carboxylic acids is 1. The van der Waals surface area contributed by atoms with Crippen LogP contribution in [0, 0.1) is 5.92 Å². The number of nitrogens with one attached hydrogen (secondary N) is 1. The number of amides is 1. The highest BCUT2D eigenvalue weighted by molar-refractivity contribution is 7.91. The monoisotopic (exact) mass is 375 g/mol. The van der Waals surface area contributed by atoms with Gasteiger partial charge in [0.15, 0.2) is 9.84 Å². The molecule has 132 valence electrons. The van der Waals surface area contributed by atoms with Crippen LogP contribution in [0.15, 0.2) is 0 Å². The number of hydrogen-bond donors (Lipinski definition) is 2. The van der Waals surface area contributed by atoms with E-state index in [1.54, 1.807) is 0 Å². The Morgan fingerprint density at radius 1 is 1.18 bits per heavy atom. The molecule has 2 atom stereocenters. The summed E-state index contributed by atoms with van der Waals surface area (Å²) < 4.78 is 22.6. The van der Waals surface area contributed by atoms with Gasteiger partial charge in [-0.3, -0.25) is 9.69 Å². The molecule has 2 aliphatic rings. The number of sulfone groups is 1. The second-order valence-corrected chi connectivity index (χ2v) is 8.21. The van der Waals surface area contributed by atoms with Gasteiger partial charge in [-0.1, -0.05) is 6.42 Å². The van der Waals surface area contributed by atoms with Crippen molar-refractivity contribution in [3.63, 3.8) is 0 Å². The molecule has 1 aliphatic carbocycles. The van der Waals surface area contributed by atoms with Gasteiger partial charge in [-0.05, 0) is 18.8 Å². The lowest BCUT2D eigenvalue weighted by atomic mass is 10.00. The van der Waals surface area contributed by atoms with Crippen LogP contribution in [-0.4, -0.2) is 63.0 Å². The molecule has 1 saturated carbocycles. The largest absolute Gasteiger partial charge is 0.355 e. The molecule has 3 N–H and O–H groups in total. The Morgan fingerprint density at radius 2 is 1.82 bits per heavy atom. The molecule has 0 radical (unpaired) electrons. The summed E-state index contributed by atoms with van der Waals surface area (Å²) in [6.45, 7) is 2.45. The highest BCUT2D eigenvalue weighted by Crippen LogP contribution is 2.26. The second-order valence-electron chi connectivity index (χ2n) is 5.90. The minimum Gasteiger partial charge on any atom is -0.355 e. The van der Waals surface area contributed by atoms with Crippen molar-refractivity contribution in [3.8, 4) is 0 Å². The van der Waals surface area contributed by atoms with Crippen LogP contribution >= 0.6 is 24.8 Å². The fourth-order valence-electron chi connectivity index (χ4n) is 2.96. The van der Waals surface area contributed by atoms with E-state index < -0.39 is 9.84 Å². The van der Waals surface area contributed by atoms with Gasteiger partial charge in [-0.2, -0.15) is 0 Å². The summed E-state index contributed by atoms with van der Waals surface area (Å²) in [6.07, 6.45) is 3.73. The van der Waals surface area contributed by atoms with Gasteiger partial charge in [-0.25, -0.2) is 8.42 Å². The fourth-order valence-corrected chi connectivity index (χ4v) is 4.23. The van der Waals surface area contributed by atoms with Crippen molar-refractivity contribution in [1.29, 1.82) is 0 Å². The highest BCUT2D eigenvalue weighted by Gasteiger charge is 2.26. The Kier molecular flexibility index (Phi) is 9.89. The minimum atomic E-state index is -2.82. The van der Waals surface area contributed by atoms with Crippen LogP contribution < -0.4 is 11.1 Å². The molecule has 1 amide bonds. The van der Waals surface area contributed by atoms with E-state index in [1.165, 1.54) is 0 Å². The molecule has 0 aromatic carbocycles. The molecule has 22 heavy (non-hydrogen) atoms. The van der Waals surface area contributed by atoms with Crippen LogP contribution in [0.4, 0.5) is 0 Å². The van der Waals surface area contributed by atoms with E-state index in [2.05, 4.69) is 10.2 Å². The maximum Gasteiger partial charge on any atom is 0.220 e.